The van der Waals surface area contributed by atoms with Crippen LogP contribution in [0.4, 0.5) is 0 Å². The molecular formula is C13H21N3O2. The third kappa shape index (κ3) is 2.17. The molecule has 2 atom stereocenters. The summed E-state index contributed by atoms with van der Waals surface area (Å²) < 4.78 is 0. The molecule has 3 saturated heterocycles. The molecule has 0 aromatic carbocycles. The van der Waals surface area contributed by atoms with Crippen molar-refractivity contribution in [2.24, 2.45) is 5.41 Å². The van der Waals surface area contributed by atoms with Crippen molar-refractivity contribution in [2.45, 2.75) is 38.1 Å². The summed E-state index contributed by atoms with van der Waals surface area (Å²) in [6.45, 7) is 4.09. The number of piperidine rings is 2. The number of hydrogen-bond acceptors (Lipinski definition) is 4. The van der Waals surface area contributed by atoms with Gasteiger partial charge in [0, 0.05) is 13.1 Å². The molecule has 2 unspecified atom stereocenters. The molecule has 0 saturated carbocycles. The van der Waals surface area contributed by atoms with Gasteiger partial charge in [0.15, 0.2) is 0 Å². The van der Waals surface area contributed by atoms with Crippen LogP contribution < -0.4 is 10.6 Å². The molecule has 2 N–H and O–H groups in total. The number of carbonyl (C=O) groups excluding carboxylic acids is 2. The quantitative estimate of drug-likeness (QED) is 0.637. The fraction of sp³-hybridized carbons (Fsp3) is 0.846. The highest BCUT2D eigenvalue weighted by atomic mass is 16.2. The monoisotopic (exact) mass is 251 g/mol. The number of imide groups is 1. The van der Waals surface area contributed by atoms with E-state index < -0.39 is 0 Å². The zero-order chi connectivity index (χ0) is 12.6. The summed E-state index contributed by atoms with van der Waals surface area (Å²) in [4.78, 5) is 25.3. The Hall–Kier alpha value is -0.940. The standard InChI is InChI=1S/C13H21N3O2/c17-11-7-10(12(18)15-11)16-6-2-4-13(9-16)3-1-5-14-8-13/h10,14H,1-9H2,(H,15,17,18). The van der Waals surface area contributed by atoms with Gasteiger partial charge in [0.25, 0.3) is 0 Å². The van der Waals surface area contributed by atoms with E-state index in [9.17, 15) is 9.59 Å². The number of nitrogens with zero attached hydrogens (tertiary/aromatic N) is 1. The molecule has 3 aliphatic heterocycles. The predicted molar refractivity (Wildman–Crippen MR) is 66.9 cm³/mol. The van der Waals surface area contributed by atoms with Crippen LogP contribution in [-0.4, -0.2) is 48.9 Å². The van der Waals surface area contributed by atoms with E-state index in [-0.39, 0.29) is 17.9 Å². The molecule has 2 amide bonds. The zero-order valence-corrected chi connectivity index (χ0v) is 10.7. The minimum Gasteiger partial charge on any atom is -0.316 e. The summed E-state index contributed by atoms with van der Waals surface area (Å²) in [5.74, 6) is -0.216. The molecule has 0 aliphatic carbocycles. The maximum Gasteiger partial charge on any atom is 0.244 e. The lowest BCUT2D eigenvalue weighted by molar-refractivity contribution is -0.127. The number of rotatable bonds is 1. The first-order valence-corrected chi connectivity index (χ1v) is 6.97. The molecule has 3 fully saturated rings. The SMILES string of the molecule is O=C1CC(N2CCCC3(CCCNC3)C2)C(=O)N1. The Morgan fingerprint density at radius 2 is 2.06 bits per heavy atom. The van der Waals surface area contributed by atoms with Gasteiger partial charge in [-0.15, -0.1) is 0 Å². The highest BCUT2D eigenvalue weighted by molar-refractivity contribution is 6.05. The smallest absolute Gasteiger partial charge is 0.244 e. The summed E-state index contributed by atoms with van der Waals surface area (Å²) in [6, 6.07) is -0.211. The normalized spacial score (nSPS) is 38.1. The molecule has 100 valence electrons. The molecule has 3 heterocycles. The second kappa shape index (κ2) is 4.63. The Morgan fingerprint density at radius 3 is 2.72 bits per heavy atom. The van der Waals surface area contributed by atoms with Crippen LogP contribution in [-0.2, 0) is 9.59 Å². The van der Waals surface area contributed by atoms with Crippen LogP contribution in [0.15, 0.2) is 0 Å². The van der Waals surface area contributed by atoms with Gasteiger partial charge in [-0.05, 0) is 44.2 Å². The number of nitrogens with one attached hydrogen (secondary N) is 2. The van der Waals surface area contributed by atoms with Gasteiger partial charge in [-0.1, -0.05) is 0 Å². The summed E-state index contributed by atoms with van der Waals surface area (Å²) in [7, 11) is 0. The molecule has 0 aromatic rings. The van der Waals surface area contributed by atoms with Gasteiger partial charge in [-0.2, -0.15) is 0 Å². The first-order valence-electron chi connectivity index (χ1n) is 6.97. The first kappa shape index (κ1) is 12.1. The van der Waals surface area contributed by atoms with Crippen LogP contribution in [0.25, 0.3) is 0 Å². The molecule has 0 aromatic heterocycles. The van der Waals surface area contributed by atoms with Crippen LogP contribution in [0.2, 0.25) is 0 Å². The Morgan fingerprint density at radius 1 is 1.22 bits per heavy atom. The molecule has 1 spiro atoms. The Labute approximate surface area is 107 Å². The van der Waals surface area contributed by atoms with Crippen molar-refractivity contribution in [3.63, 3.8) is 0 Å². The molecule has 0 radical (unpaired) electrons. The summed E-state index contributed by atoms with van der Waals surface area (Å²) in [5, 5.41) is 5.90. The van der Waals surface area contributed by atoms with Gasteiger partial charge in [-0.25, -0.2) is 0 Å². The molecule has 3 aliphatic rings. The lowest BCUT2D eigenvalue weighted by Crippen LogP contribution is -2.54. The van der Waals surface area contributed by atoms with Crippen molar-refractivity contribution in [1.29, 1.82) is 0 Å². The maximum absolute atomic E-state index is 11.8. The van der Waals surface area contributed by atoms with Crippen molar-refractivity contribution in [3.05, 3.63) is 0 Å². The van der Waals surface area contributed by atoms with Gasteiger partial charge in [0.1, 0.15) is 0 Å². The van der Waals surface area contributed by atoms with E-state index in [0.29, 0.717) is 11.8 Å². The Balaban J connectivity index is 1.70. The highest BCUT2D eigenvalue weighted by Gasteiger charge is 2.42. The molecule has 5 nitrogen and oxygen atoms in total. The minimum atomic E-state index is -0.211. The molecule has 18 heavy (non-hydrogen) atoms. The van der Waals surface area contributed by atoms with Crippen LogP contribution >= 0.6 is 0 Å². The van der Waals surface area contributed by atoms with Crippen molar-refractivity contribution < 1.29 is 9.59 Å². The van der Waals surface area contributed by atoms with E-state index in [1.54, 1.807) is 0 Å². The van der Waals surface area contributed by atoms with Crippen molar-refractivity contribution in [1.82, 2.24) is 15.5 Å². The lowest BCUT2D eigenvalue weighted by Gasteiger charge is -2.46. The van der Waals surface area contributed by atoms with Crippen molar-refractivity contribution >= 4 is 11.8 Å². The number of amides is 2. The van der Waals surface area contributed by atoms with Crippen LogP contribution in [0.1, 0.15) is 32.1 Å². The third-order valence-electron chi connectivity index (χ3n) is 4.64. The molecule has 0 bridgehead atoms. The van der Waals surface area contributed by atoms with Gasteiger partial charge in [0.2, 0.25) is 11.8 Å². The van der Waals surface area contributed by atoms with E-state index in [4.69, 9.17) is 0 Å². The largest absolute Gasteiger partial charge is 0.316 e. The lowest BCUT2D eigenvalue weighted by atomic mass is 9.74. The topological polar surface area (TPSA) is 61.4 Å². The molecule has 5 heteroatoms. The molecule has 3 rings (SSSR count). The van der Waals surface area contributed by atoms with E-state index >= 15 is 0 Å². The number of likely N-dealkylation sites (tertiary alicyclic amines) is 1. The first-order chi connectivity index (χ1) is 8.69. The van der Waals surface area contributed by atoms with Gasteiger partial charge in [-0.3, -0.25) is 19.8 Å². The van der Waals surface area contributed by atoms with E-state index in [2.05, 4.69) is 15.5 Å². The van der Waals surface area contributed by atoms with Crippen molar-refractivity contribution in [3.8, 4) is 0 Å². The second-order valence-electron chi connectivity index (χ2n) is 5.99. The number of carbonyl (C=O) groups is 2. The van der Waals surface area contributed by atoms with Crippen molar-refractivity contribution in [2.75, 3.05) is 26.2 Å². The predicted octanol–water partition coefficient (Wildman–Crippen LogP) is -0.133. The summed E-state index contributed by atoms with van der Waals surface area (Å²) in [5.41, 5.74) is 0.336. The summed E-state index contributed by atoms with van der Waals surface area (Å²) in [6.07, 6.45) is 5.21. The van der Waals surface area contributed by atoms with Gasteiger partial charge in [0.05, 0.1) is 12.5 Å². The zero-order valence-electron chi connectivity index (χ0n) is 10.7. The van der Waals surface area contributed by atoms with E-state index in [1.807, 2.05) is 0 Å². The Bertz CT molecular complexity index is 358. The molecular weight excluding hydrogens is 230 g/mol. The maximum atomic E-state index is 11.8. The minimum absolute atomic E-state index is 0.0965. The van der Waals surface area contributed by atoms with Crippen LogP contribution in [0, 0.1) is 5.41 Å². The Kier molecular flexibility index (Phi) is 3.11. The van der Waals surface area contributed by atoms with Crippen LogP contribution in [0.3, 0.4) is 0 Å². The number of hydrogen-bond donors (Lipinski definition) is 2. The van der Waals surface area contributed by atoms with E-state index in [0.717, 1.165) is 32.6 Å². The second-order valence-corrected chi connectivity index (χ2v) is 5.99. The van der Waals surface area contributed by atoms with Gasteiger partial charge < -0.3 is 5.32 Å². The fourth-order valence-corrected chi connectivity index (χ4v) is 3.73. The fourth-order valence-electron chi connectivity index (χ4n) is 3.73. The van der Waals surface area contributed by atoms with E-state index in [1.165, 1.54) is 19.3 Å². The third-order valence-corrected chi connectivity index (χ3v) is 4.64. The average Bonchev–Trinajstić information content (AvgIpc) is 2.69. The van der Waals surface area contributed by atoms with Gasteiger partial charge >= 0.3 is 0 Å². The summed E-state index contributed by atoms with van der Waals surface area (Å²) >= 11 is 0. The average molecular weight is 251 g/mol. The highest BCUT2D eigenvalue weighted by Crippen LogP contribution is 2.37. The van der Waals surface area contributed by atoms with Crippen LogP contribution in [0.5, 0.6) is 0 Å².